The van der Waals surface area contributed by atoms with E-state index >= 15 is 0 Å². The fourth-order valence-electron chi connectivity index (χ4n) is 1.78. The average Bonchev–Trinajstić information content (AvgIpc) is 2.37. The van der Waals surface area contributed by atoms with Gasteiger partial charge in [-0.15, -0.1) is 0 Å². The third kappa shape index (κ3) is 3.85. The van der Waals surface area contributed by atoms with Crippen molar-refractivity contribution in [1.82, 2.24) is 0 Å². The van der Waals surface area contributed by atoms with E-state index in [-0.39, 0.29) is 5.56 Å². The van der Waals surface area contributed by atoms with Crippen molar-refractivity contribution in [2.75, 3.05) is 0 Å². The Kier molecular flexibility index (Phi) is 5.25. The summed E-state index contributed by atoms with van der Waals surface area (Å²) in [6.45, 7) is 2.51. The van der Waals surface area contributed by atoms with Gasteiger partial charge in [0.25, 0.3) is 0 Å². The van der Waals surface area contributed by atoms with Crippen LogP contribution < -0.4 is 4.74 Å². The van der Waals surface area contributed by atoms with E-state index in [9.17, 15) is 4.79 Å². The van der Waals surface area contributed by atoms with Crippen LogP contribution in [-0.4, -0.2) is 11.1 Å². The SMILES string of the molecule is Cc1cccc(COc2c(I)cc(C(=O)O)cc2I)c1. The second kappa shape index (κ2) is 6.75. The normalized spacial score (nSPS) is 10.3. The van der Waals surface area contributed by atoms with Crippen LogP contribution in [0, 0.1) is 14.1 Å². The number of aromatic carboxylic acids is 1. The molecule has 3 nitrogen and oxygen atoms in total. The fraction of sp³-hybridized carbons (Fsp3) is 0.133. The maximum Gasteiger partial charge on any atom is 0.335 e. The number of hydrogen-bond donors (Lipinski definition) is 1. The highest BCUT2D eigenvalue weighted by Gasteiger charge is 2.12. The van der Waals surface area contributed by atoms with Crippen LogP contribution in [0.15, 0.2) is 36.4 Å². The summed E-state index contributed by atoms with van der Waals surface area (Å²) in [6, 6.07) is 11.4. The fourth-order valence-corrected chi connectivity index (χ4v) is 3.86. The summed E-state index contributed by atoms with van der Waals surface area (Å²) in [7, 11) is 0. The zero-order valence-corrected chi connectivity index (χ0v) is 15.0. The lowest BCUT2D eigenvalue weighted by atomic mass is 10.1. The minimum Gasteiger partial charge on any atom is -0.487 e. The van der Waals surface area contributed by atoms with Crippen molar-refractivity contribution in [3.63, 3.8) is 0 Å². The number of hydrogen-bond acceptors (Lipinski definition) is 2. The Hall–Kier alpha value is -0.830. The Balaban J connectivity index is 2.20. The third-order valence-corrected chi connectivity index (χ3v) is 4.31. The van der Waals surface area contributed by atoms with Crippen LogP contribution in [0.25, 0.3) is 0 Å². The van der Waals surface area contributed by atoms with Gasteiger partial charge in [-0.2, -0.15) is 0 Å². The van der Waals surface area contributed by atoms with Crippen LogP contribution >= 0.6 is 45.2 Å². The van der Waals surface area contributed by atoms with Crippen LogP contribution in [0.3, 0.4) is 0 Å². The van der Waals surface area contributed by atoms with Gasteiger partial charge in [0.15, 0.2) is 0 Å². The number of rotatable bonds is 4. The van der Waals surface area contributed by atoms with E-state index in [4.69, 9.17) is 9.84 Å². The molecule has 0 aliphatic heterocycles. The first-order chi connectivity index (χ1) is 9.47. The molecule has 2 rings (SSSR count). The van der Waals surface area contributed by atoms with E-state index in [0.717, 1.165) is 18.5 Å². The predicted octanol–water partition coefficient (Wildman–Crippen LogP) is 4.48. The summed E-state index contributed by atoms with van der Waals surface area (Å²) in [5.41, 5.74) is 2.57. The lowest BCUT2D eigenvalue weighted by molar-refractivity contribution is 0.0696. The number of halogens is 2. The van der Waals surface area contributed by atoms with Crippen molar-refractivity contribution >= 4 is 51.2 Å². The molecule has 0 bridgehead atoms. The highest BCUT2D eigenvalue weighted by atomic mass is 127. The molecule has 0 aliphatic rings. The first-order valence-corrected chi connectivity index (χ1v) is 8.04. The van der Waals surface area contributed by atoms with Gasteiger partial charge in [0.1, 0.15) is 12.4 Å². The quantitative estimate of drug-likeness (QED) is 0.639. The highest BCUT2D eigenvalue weighted by molar-refractivity contribution is 14.1. The zero-order chi connectivity index (χ0) is 14.7. The van der Waals surface area contributed by atoms with E-state index < -0.39 is 5.97 Å². The third-order valence-electron chi connectivity index (χ3n) is 2.71. The second-order valence-corrected chi connectivity index (χ2v) is 6.68. The van der Waals surface area contributed by atoms with Gasteiger partial charge in [0.05, 0.1) is 12.7 Å². The lowest BCUT2D eigenvalue weighted by Gasteiger charge is -2.11. The van der Waals surface area contributed by atoms with Crippen molar-refractivity contribution in [2.24, 2.45) is 0 Å². The topological polar surface area (TPSA) is 46.5 Å². The first-order valence-electron chi connectivity index (χ1n) is 5.88. The van der Waals surface area contributed by atoms with E-state index in [0.29, 0.717) is 6.61 Å². The molecule has 0 amide bonds. The minimum atomic E-state index is -0.925. The smallest absolute Gasteiger partial charge is 0.335 e. The molecule has 0 aliphatic carbocycles. The summed E-state index contributed by atoms with van der Waals surface area (Å²) in [6.07, 6.45) is 0. The van der Waals surface area contributed by atoms with Gasteiger partial charge in [-0.05, 0) is 69.8 Å². The molecule has 1 N–H and O–H groups in total. The van der Waals surface area contributed by atoms with Crippen LogP contribution in [0.4, 0.5) is 0 Å². The molecule has 2 aromatic rings. The first kappa shape index (κ1) is 15.6. The summed E-state index contributed by atoms with van der Waals surface area (Å²) in [4.78, 5) is 11.0. The molecule has 0 spiro atoms. The summed E-state index contributed by atoms with van der Waals surface area (Å²) in [5, 5.41) is 9.02. The number of carbonyl (C=O) groups is 1. The van der Waals surface area contributed by atoms with E-state index in [1.54, 1.807) is 12.1 Å². The lowest BCUT2D eigenvalue weighted by Crippen LogP contribution is -2.03. The summed E-state index contributed by atoms with van der Waals surface area (Å²) in [5.74, 6) is -0.191. The number of aryl methyl sites for hydroxylation is 1. The molecule has 104 valence electrons. The number of ether oxygens (including phenoxy) is 1. The molecular weight excluding hydrogens is 482 g/mol. The molecule has 0 saturated heterocycles. The largest absolute Gasteiger partial charge is 0.487 e. The van der Waals surface area contributed by atoms with Crippen molar-refractivity contribution in [3.8, 4) is 5.75 Å². The maximum atomic E-state index is 11.0. The monoisotopic (exact) mass is 494 g/mol. The number of benzene rings is 2. The zero-order valence-electron chi connectivity index (χ0n) is 10.7. The molecular formula is C15H12I2O3. The van der Waals surface area contributed by atoms with Gasteiger partial charge in [0, 0.05) is 0 Å². The Labute approximate surface area is 144 Å². The Bertz CT molecular complexity index is 630. The molecule has 0 aromatic heterocycles. The van der Waals surface area contributed by atoms with Crippen LogP contribution in [-0.2, 0) is 6.61 Å². The molecule has 0 radical (unpaired) electrons. The van der Waals surface area contributed by atoms with Gasteiger partial charge in [-0.25, -0.2) is 4.79 Å². The molecule has 20 heavy (non-hydrogen) atoms. The Morgan fingerprint density at radius 2 is 1.85 bits per heavy atom. The predicted molar refractivity (Wildman–Crippen MR) is 94.3 cm³/mol. The van der Waals surface area contributed by atoms with Crippen molar-refractivity contribution in [3.05, 3.63) is 60.2 Å². The molecule has 0 atom stereocenters. The van der Waals surface area contributed by atoms with Gasteiger partial charge >= 0.3 is 5.97 Å². The number of carboxylic acid groups (broad SMARTS) is 1. The standard InChI is InChI=1S/C15H12I2O3/c1-9-3-2-4-10(5-9)8-20-14-12(16)6-11(15(18)19)7-13(14)17/h2-7H,8H2,1H3,(H,18,19). The van der Waals surface area contributed by atoms with Crippen LogP contribution in [0.2, 0.25) is 0 Å². The van der Waals surface area contributed by atoms with Crippen molar-refractivity contribution in [2.45, 2.75) is 13.5 Å². The number of carboxylic acids is 1. The Morgan fingerprint density at radius 1 is 1.20 bits per heavy atom. The van der Waals surface area contributed by atoms with Crippen LogP contribution in [0.5, 0.6) is 5.75 Å². The van der Waals surface area contributed by atoms with Crippen molar-refractivity contribution in [1.29, 1.82) is 0 Å². The molecule has 5 heteroatoms. The van der Waals surface area contributed by atoms with E-state index in [2.05, 4.69) is 51.2 Å². The van der Waals surface area contributed by atoms with Crippen LogP contribution in [0.1, 0.15) is 21.5 Å². The van der Waals surface area contributed by atoms with Gasteiger partial charge < -0.3 is 9.84 Å². The molecule has 0 fully saturated rings. The molecule has 0 heterocycles. The summed E-state index contributed by atoms with van der Waals surface area (Å²) >= 11 is 4.20. The van der Waals surface area contributed by atoms with E-state index in [1.807, 2.05) is 25.1 Å². The summed E-state index contributed by atoms with van der Waals surface area (Å²) < 4.78 is 7.45. The molecule has 2 aromatic carbocycles. The second-order valence-electron chi connectivity index (χ2n) is 4.35. The van der Waals surface area contributed by atoms with Gasteiger partial charge in [0.2, 0.25) is 0 Å². The highest BCUT2D eigenvalue weighted by Crippen LogP contribution is 2.29. The molecule has 0 unspecified atom stereocenters. The van der Waals surface area contributed by atoms with Crippen molar-refractivity contribution < 1.29 is 14.6 Å². The maximum absolute atomic E-state index is 11.0. The minimum absolute atomic E-state index is 0.279. The average molecular weight is 494 g/mol. The molecule has 0 saturated carbocycles. The van der Waals surface area contributed by atoms with E-state index in [1.165, 1.54) is 5.56 Å². The Morgan fingerprint density at radius 3 is 2.40 bits per heavy atom. The van der Waals surface area contributed by atoms with Gasteiger partial charge in [-0.3, -0.25) is 0 Å². The van der Waals surface area contributed by atoms with Gasteiger partial charge in [-0.1, -0.05) is 29.8 Å².